The molecule has 0 atom stereocenters. The summed E-state index contributed by atoms with van der Waals surface area (Å²) < 4.78 is 30.7. The van der Waals surface area contributed by atoms with Crippen molar-refractivity contribution in [3.05, 3.63) is 29.3 Å². The third kappa shape index (κ3) is 2.19. The summed E-state index contributed by atoms with van der Waals surface area (Å²) in [7, 11) is 0. The maximum absolute atomic E-state index is 13.0. The van der Waals surface area contributed by atoms with Gasteiger partial charge >= 0.3 is 0 Å². The molecule has 0 heterocycles. The van der Waals surface area contributed by atoms with Crippen LogP contribution in [0.1, 0.15) is 5.56 Å². The van der Waals surface area contributed by atoms with E-state index in [-0.39, 0.29) is 6.61 Å². The average Bonchev–Trinajstić information content (AvgIpc) is 2.02. The van der Waals surface area contributed by atoms with Crippen molar-refractivity contribution < 1.29 is 13.5 Å². The first kappa shape index (κ1) is 9.53. The largest absolute Gasteiger partial charge is 0.475 e. The number of terminal acetylenes is 1. The van der Waals surface area contributed by atoms with Gasteiger partial charge in [0.2, 0.25) is 0 Å². The molecule has 0 unspecified atom stereocenters. The SMILES string of the molecule is C#CCOc1c(F)cc(C)cc1F. The molecule has 0 aliphatic heterocycles. The van der Waals surface area contributed by atoms with Gasteiger partial charge in [0.1, 0.15) is 6.61 Å². The normalized spacial score (nSPS) is 9.38. The molecular formula is C10H8F2O. The van der Waals surface area contributed by atoms with E-state index >= 15 is 0 Å². The van der Waals surface area contributed by atoms with Gasteiger partial charge in [0.05, 0.1) is 0 Å². The molecule has 0 saturated carbocycles. The third-order valence-electron chi connectivity index (χ3n) is 1.44. The maximum atomic E-state index is 13.0. The van der Waals surface area contributed by atoms with E-state index in [9.17, 15) is 8.78 Å². The summed E-state index contributed by atoms with van der Waals surface area (Å²) in [4.78, 5) is 0. The molecule has 13 heavy (non-hydrogen) atoms. The fraction of sp³-hybridized carbons (Fsp3) is 0.200. The Kier molecular flexibility index (Phi) is 2.86. The lowest BCUT2D eigenvalue weighted by molar-refractivity contribution is 0.326. The molecule has 0 radical (unpaired) electrons. The van der Waals surface area contributed by atoms with Crippen molar-refractivity contribution in [3.8, 4) is 18.1 Å². The Morgan fingerprint density at radius 3 is 2.38 bits per heavy atom. The maximum Gasteiger partial charge on any atom is 0.192 e. The Bertz CT molecular complexity index is 329. The van der Waals surface area contributed by atoms with Crippen LogP contribution in [0.2, 0.25) is 0 Å². The van der Waals surface area contributed by atoms with E-state index in [0.717, 1.165) is 0 Å². The van der Waals surface area contributed by atoms with Crippen LogP contribution in [-0.4, -0.2) is 6.61 Å². The zero-order valence-corrected chi connectivity index (χ0v) is 7.10. The molecule has 0 amide bonds. The molecule has 3 heteroatoms. The third-order valence-corrected chi connectivity index (χ3v) is 1.44. The zero-order valence-electron chi connectivity index (χ0n) is 7.10. The first-order chi connectivity index (χ1) is 6.15. The van der Waals surface area contributed by atoms with Gasteiger partial charge in [-0.25, -0.2) is 8.78 Å². The lowest BCUT2D eigenvalue weighted by atomic mass is 10.2. The van der Waals surface area contributed by atoms with Gasteiger partial charge in [0, 0.05) is 0 Å². The van der Waals surface area contributed by atoms with E-state index in [1.807, 2.05) is 0 Å². The highest BCUT2D eigenvalue weighted by Gasteiger charge is 2.10. The van der Waals surface area contributed by atoms with Gasteiger partial charge in [-0.3, -0.25) is 0 Å². The van der Waals surface area contributed by atoms with E-state index in [2.05, 4.69) is 10.7 Å². The minimum Gasteiger partial charge on any atom is -0.475 e. The van der Waals surface area contributed by atoms with Crippen LogP contribution in [0.5, 0.6) is 5.75 Å². The van der Waals surface area contributed by atoms with E-state index in [1.54, 1.807) is 6.92 Å². The van der Waals surface area contributed by atoms with Crippen molar-refractivity contribution in [2.45, 2.75) is 6.92 Å². The van der Waals surface area contributed by atoms with E-state index in [0.29, 0.717) is 5.56 Å². The van der Waals surface area contributed by atoms with Crippen LogP contribution in [0.4, 0.5) is 8.78 Å². The predicted octanol–water partition coefficient (Wildman–Crippen LogP) is 2.29. The molecule has 1 aromatic rings. The standard InChI is InChI=1S/C10H8F2O/c1-3-4-13-10-8(11)5-7(2)6-9(10)12/h1,5-6H,4H2,2H3. The van der Waals surface area contributed by atoms with Crippen molar-refractivity contribution in [2.75, 3.05) is 6.61 Å². The molecule has 0 N–H and O–H groups in total. The second kappa shape index (κ2) is 3.90. The number of hydrogen-bond donors (Lipinski definition) is 0. The van der Waals surface area contributed by atoms with Crippen LogP contribution in [0, 0.1) is 30.9 Å². The molecule has 68 valence electrons. The first-order valence-corrected chi connectivity index (χ1v) is 3.67. The summed E-state index contributed by atoms with van der Waals surface area (Å²) >= 11 is 0. The van der Waals surface area contributed by atoms with Crippen LogP contribution in [0.25, 0.3) is 0 Å². The summed E-state index contributed by atoms with van der Waals surface area (Å²) in [6.45, 7) is 1.45. The summed E-state index contributed by atoms with van der Waals surface area (Å²) in [6.07, 6.45) is 4.89. The Morgan fingerprint density at radius 1 is 1.38 bits per heavy atom. The fourth-order valence-electron chi connectivity index (χ4n) is 0.938. The summed E-state index contributed by atoms with van der Waals surface area (Å²) in [5, 5.41) is 0. The van der Waals surface area contributed by atoms with Gasteiger partial charge in [-0.05, 0) is 24.6 Å². The van der Waals surface area contributed by atoms with E-state index in [1.165, 1.54) is 12.1 Å². The van der Waals surface area contributed by atoms with Crippen molar-refractivity contribution >= 4 is 0 Å². The fourth-order valence-corrected chi connectivity index (χ4v) is 0.938. The number of halogens is 2. The lowest BCUT2D eigenvalue weighted by Gasteiger charge is -2.05. The van der Waals surface area contributed by atoms with Gasteiger partial charge < -0.3 is 4.74 Å². The minimum atomic E-state index is -0.729. The number of hydrogen-bond acceptors (Lipinski definition) is 1. The molecule has 1 rings (SSSR count). The number of ether oxygens (including phenoxy) is 1. The van der Waals surface area contributed by atoms with Crippen molar-refractivity contribution in [2.24, 2.45) is 0 Å². The highest BCUT2D eigenvalue weighted by atomic mass is 19.1. The lowest BCUT2D eigenvalue weighted by Crippen LogP contribution is -1.99. The first-order valence-electron chi connectivity index (χ1n) is 3.67. The predicted molar refractivity (Wildman–Crippen MR) is 45.4 cm³/mol. The summed E-state index contributed by atoms with van der Waals surface area (Å²) in [6, 6.07) is 2.38. The number of benzene rings is 1. The van der Waals surface area contributed by atoms with Crippen LogP contribution >= 0.6 is 0 Å². The summed E-state index contributed by atoms with van der Waals surface area (Å²) in [5.41, 5.74) is 0.503. The van der Waals surface area contributed by atoms with Gasteiger partial charge in [0.25, 0.3) is 0 Å². The van der Waals surface area contributed by atoms with Gasteiger partial charge in [-0.1, -0.05) is 5.92 Å². The van der Waals surface area contributed by atoms with Crippen molar-refractivity contribution in [1.29, 1.82) is 0 Å². The molecule has 1 nitrogen and oxygen atoms in total. The molecule has 0 spiro atoms. The van der Waals surface area contributed by atoms with Gasteiger partial charge in [0.15, 0.2) is 17.4 Å². The second-order valence-electron chi connectivity index (χ2n) is 2.55. The molecule has 0 aliphatic carbocycles. The van der Waals surface area contributed by atoms with Crippen molar-refractivity contribution in [1.82, 2.24) is 0 Å². The highest BCUT2D eigenvalue weighted by Crippen LogP contribution is 2.22. The molecule has 0 fully saturated rings. The van der Waals surface area contributed by atoms with E-state index < -0.39 is 17.4 Å². The minimum absolute atomic E-state index is 0.142. The molecule has 0 aliphatic rings. The molecule has 0 saturated heterocycles. The Morgan fingerprint density at radius 2 is 1.92 bits per heavy atom. The Balaban J connectivity index is 3.00. The van der Waals surface area contributed by atoms with Gasteiger partial charge in [-0.15, -0.1) is 6.42 Å². The quantitative estimate of drug-likeness (QED) is 0.637. The number of rotatable bonds is 2. The van der Waals surface area contributed by atoms with Crippen LogP contribution in [0.15, 0.2) is 12.1 Å². The highest BCUT2D eigenvalue weighted by molar-refractivity contribution is 5.30. The Hall–Kier alpha value is -1.56. The molecular weight excluding hydrogens is 174 g/mol. The van der Waals surface area contributed by atoms with E-state index in [4.69, 9.17) is 6.42 Å². The molecule has 0 bridgehead atoms. The second-order valence-corrected chi connectivity index (χ2v) is 2.55. The zero-order chi connectivity index (χ0) is 9.84. The van der Waals surface area contributed by atoms with Gasteiger partial charge in [-0.2, -0.15) is 0 Å². The van der Waals surface area contributed by atoms with Crippen LogP contribution < -0.4 is 4.74 Å². The number of aryl methyl sites for hydroxylation is 1. The smallest absolute Gasteiger partial charge is 0.192 e. The molecule has 0 aromatic heterocycles. The topological polar surface area (TPSA) is 9.23 Å². The Labute approximate surface area is 75.3 Å². The monoisotopic (exact) mass is 182 g/mol. The van der Waals surface area contributed by atoms with Crippen molar-refractivity contribution in [3.63, 3.8) is 0 Å². The average molecular weight is 182 g/mol. The summed E-state index contributed by atoms with van der Waals surface area (Å²) in [5.74, 6) is 0.258. The van der Waals surface area contributed by atoms with Crippen LogP contribution in [-0.2, 0) is 0 Å². The van der Waals surface area contributed by atoms with Crippen LogP contribution in [0.3, 0.4) is 0 Å². The molecule has 1 aromatic carbocycles.